The summed E-state index contributed by atoms with van der Waals surface area (Å²) in [4.78, 5) is 0. The third-order valence-electron chi connectivity index (χ3n) is 1.66. The van der Waals surface area contributed by atoms with Gasteiger partial charge >= 0.3 is 0 Å². The Morgan fingerprint density at radius 2 is 1.85 bits per heavy atom. The Labute approximate surface area is 80.3 Å². The molecule has 0 saturated carbocycles. The van der Waals surface area contributed by atoms with Crippen LogP contribution in [0, 0.1) is 0 Å². The molecule has 4 nitrogen and oxygen atoms in total. The fourth-order valence-corrected chi connectivity index (χ4v) is 1.44. The second-order valence-corrected chi connectivity index (χ2v) is 5.42. The maximum Gasteiger partial charge on any atom is 0.148 e. The summed E-state index contributed by atoms with van der Waals surface area (Å²) in [6.45, 7) is 1.59. The zero-order chi connectivity index (χ0) is 10.2. The second-order valence-electron chi connectivity index (χ2n) is 3.16. The molecule has 80 valence electrons. The molecule has 0 aromatic carbocycles. The lowest BCUT2D eigenvalue weighted by Crippen LogP contribution is -2.23. The molecule has 2 N–H and O–H groups in total. The van der Waals surface area contributed by atoms with Gasteiger partial charge in [0.1, 0.15) is 9.84 Å². The van der Waals surface area contributed by atoms with Gasteiger partial charge in [0.05, 0.1) is 5.75 Å². The molecule has 0 radical (unpaired) electrons. The number of hydrogen-bond donors (Lipinski definition) is 2. The van der Waals surface area contributed by atoms with Crippen LogP contribution >= 0.6 is 0 Å². The van der Waals surface area contributed by atoms with E-state index < -0.39 is 9.84 Å². The number of hydrogen-bond acceptors (Lipinski definition) is 4. The van der Waals surface area contributed by atoms with E-state index in [1.165, 1.54) is 6.26 Å². The number of aliphatic hydroxyl groups excluding tert-OH is 1. The van der Waals surface area contributed by atoms with Gasteiger partial charge in [-0.05, 0) is 25.8 Å². The SMILES string of the molecule is CS(=O)(=O)CCNCCCCCO. The Morgan fingerprint density at radius 3 is 2.38 bits per heavy atom. The summed E-state index contributed by atoms with van der Waals surface area (Å²) in [7, 11) is -2.82. The highest BCUT2D eigenvalue weighted by Gasteiger charge is 1.99. The topological polar surface area (TPSA) is 66.4 Å². The summed E-state index contributed by atoms with van der Waals surface area (Å²) in [5.74, 6) is 0.201. The molecular formula is C8H19NO3S. The molecular weight excluding hydrogens is 190 g/mol. The van der Waals surface area contributed by atoms with Gasteiger partial charge in [-0.15, -0.1) is 0 Å². The van der Waals surface area contributed by atoms with E-state index in [0.717, 1.165) is 25.8 Å². The van der Waals surface area contributed by atoms with Gasteiger partial charge in [-0.2, -0.15) is 0 Å². The van der Waals surface area contributed by atoms with Crippen molar-refractivity contribution in [2.45, 2.75) is 19.3 Å². The maximum atomic E-state index is 10.7. The summed E-state index contributed by atoms with van der Waals surface area (Å²) < 4.78 is 21.4. The monoisotopic (exact) mass is 209 g/mol. The van der Waals surface area contributed by atoms with E-state index in [4.69, 9.17) is 5.11 Å². The van der Waals surface area contributed by atoms with Crippen LogP contribution in [0.1, 0.15) is 19.3 Å². The number of nitrogens with one attached hydrogen (secondary N) is 1. The van der Waals surface area contributed by atoms with Crippen molar-refractivity contribution < 1.29 is 13.5 Å². The highest BCUT2D eigenvalue weighted by molar-refractivity contribution is 7.90. The van der Waals surface area contributed by atoms with Gasteiger partial charge in [-0.1, -0.05) is 0 Å². The largest absolute Gasteiger partial charge is 0.396 e. The third kappa shape index (κ3) is 11.9. The summed E-state index contributed by atoms with van der Waals surface area (Å²) in [6.07, 6.45) is 4.04. The minimum absolute atomic E-state index is 0.201. The van der Waals surface area contributed by atoms with Crippen LogP contribution in [-0.4, -0.2) is 45.2 Å². The molecule has 0 fully saturated rings. The highest BCUT2D eigenvalue weighted by atomic mass is 32.2. The molecule has 0 aromatic heterocycles. The molecule has 0 heterocycles. The van der Waals surface area contributed by atoms with Gasteiger partial charge in [-0.3, -0.25) is 0 Å². The lowest BCUT2D eigenvalue weighted by atomic mass is 10.2. The molecule has 0 aliphatic rings. The maximum absolute atomic E-state index is 10.7. The Kier molecular flexibility index (Phi) is 7.22. The molecule has 5 heteroatoms. The van der Waals surface area contributed by atoms with Gasteiger partial charge in [0.2, 0.25) is 0 Å². The number of sulfone groups is 1. The van der Waals surface area contributed by atoms with Gasteiger partial charge in [0.25, 0.3) is 0 Å². The first-order valence-corrected chi connectivity index (χ1v) is 6.61. The Bertz CT molecular complexity index is 201. The number of aliphatic hydroxyl groups is 1. The van der Waals surface area contributed by atoms with Crippen LogP contribution in [0.2, 0.25) is 0 Å². The van der Waals surface area contributed by atoms with Crippen molar-refractivity contribution in [3.63, 3.8) is 0 Å². The standard InChI is InChI=1S/C8H19NO3S/c1-13(11,12)8-6-9-5-3-2-4-7-10/h9-10H,2-8H2,1H3. The van der Waals surface area contributed by atoms with Crippen molar-refractivity contribution in [3.8, 4) is 0 Å². The van der Waals surface area contributed by atoms with Crippen LogP contribution in [0.4, 0.5) is 0 Å². The average Bonchev–Trinajstić information content (AvgIpc) is 2.01. The first-order valence-electron chi connectivity index (χ1n) is 4.55. The first kappa shape index (κ1) is 12.9. The van der Waals surface area contributed by atoms with Gasteiger partial charge in [0.15, 0.2) is 0 Å². The van der Waals surface area contributed by atoms with Crippen molar-refractivity contribution in [1.29, 1.82) is 0 Å². The summed E-state index contributed by atoms with van der Waals surface area (Å²) in [5, 5.41) is 11.5. The predicted molar refractivity (Wildman–Crippen MR) is 53.5 cm³/mol. The van der Waals surface area contributed by atoms with E-state index in [0.29, 0.717) is 6.54 Å². The fourth-order valence-electron chi connectivity index (χ4n) is 0.921. The van der Waals surface area contributed by atoms with E-state index in [9.17, 15) is 8.42 Å². The van der Waals surface area contributed by atoms with Crippen LogP contribution in [0.5, 0.6) is 0 Å². The molecule has 0 rings (SSSR count). The molecule has 0 amide bonds. The van der Waals surface area contributed by atoms with Crippen LogP contribution in [0.3, 0.4) is 0 Å². The molecule has 0 aliphatic heterocycles. The summed E-state index contributed by atoms with van der Waals surface area (Å²) in [5.41, 5.74) is 0. The van der Waals surface area contributed by atoms with Crippen molar-refractivity contribution >= 4 is 9.84 Å². The van der Waals surface area contributed by atoms with Crippen molar-refractivity contribution in [2.24, 2.45) is 0 Å². The normalized spacial score (nSPS) is 11.8. The molecule has 0 spiro atoms. The zero-order valence-corrected chi connectivity index (χ0v) is 8.94. The van der Waals surface area contributed by atoms with Gasteiger partial charge < -0.3 is 10.4 Å². The highest BCUT2D eigenvalue weighted by Crippen LogP contribution is 1.91. The summed E-state index contributed by atoms with van der Waals surface area (Å²) >= 11 is 0. The molecule has 0 aliphatic carbocycles. The first-order chi connectivity index (χ1) is 6.06. The summed E-state index contributed by atoms with van der Waals surface area (Å²) in [6, 6.07) is 0. The van der Waals surface area contributed by atoms with E-state index in [-0.39, 0.29) is 12.4 Å². The lowest BCUT2D eigenvalue weighted by molar-refractivity contribution is 0.283. The van der Waals surface area contributed by atoms with Crippen molar-refractivity contribution in [1.82, 2.24) is 5.32 Å². The number of rotatable bonds is 8. The van der Waals surface area contributed by atoms with Crippen LogP contribution in [0.15, 0.2) is 0 Å². The average molecular weight is 209 g/mol. The fraction of sp³-hybridized carbons (Fsp3) is 1.00. The van der Waals surface area contributed by atoms with Crippen molar-refractivity contribution in [2.75, 3.05) is 31.7 Å². The molecule has 0 unspecified atom stereocenters. The zero-order valence-electron chi connectivity index (χ0n) is 8.12. The van der Waals surface area contributed by atoms with E-state index in [1.54, 1.807) is 0 Å². The molecule has 0 aromatic rings. The second kappa shape index (κ2) is 7.29. The minimum Gasteiger partial charge on any atom is -0.396 e. The van der Waals surface area contributed by atoms with Crippen LogP contribution in [-0.2, 0) is 9.84 Å². The molecule has 13 heavy (non-hydrogen) atoms. The Hall–Kier alpha value is -0.130. The predicted octanol–water partition coefficient (Wildman–Crippen LogP) is -0.217. The Morgan fingerprint density at radius 1 is 1.15 bits per heavy atom. The van der Waals surface area contributed by atoms with E-state index in [1.807, 2.05) is 0 Å². The van der Waals surface area contributed by atoms with Gasteiger partial charge in [0, 0.05) is 19.4 Å². The van der Waals surface area contributed by atoms with Crippen LogP contribution < -0.4 is 5.32 Å². The molecule has 0 saturated heterocycles. The molecule has 0 bridgehead atoms. The van der Waals surface area contributed by atoms with Gasteiger partial charge in [-0.25, -0.2) is 8.42 Å². The van der Waals surface area contributed by atoms with E-state index >= 15 is 0 Å². The molecule has 0 atom stereocenters. The quantitative estimate of drug-likeness (QED) is 0.543. The third-order valence-corrected chi connectivity index (χ3v) is 2.61. The number of unbranched alkanes of at least 4 members (excludes halogenated alkanes) is 2. The Balaban J connectivity index is 3.09. The minimum atomic E-state index is -2.82. The lowest BCUT2D eigenvalue weighted by Gasteiger charge is -2.02. The smallest absolute Gasteiger partial charge is 0.148 e. The van der Waals surface area contributed by atoms with Crippen molar-refractivity contribution in [3.05, 3.63) is 0 Å². The van der Waals surface area contributed by atoms with E-state index in [2.05, 4.69) is 5.32 Å². The van der Waals surface area contributed by atoms with Crippen LogP contribution in [0.25, 0.3) is 0 Å².